The summed E-state index contributed by atoms with van der Waals surface area (Å²) in [5.41, 5.74) is 5.75. The van der Waals surface area contributed by atoms with Gasteiger partial charge in [-0.3, -0.25) is 20.4 Å². The van der Waals surface area contributed by atoms with Gasteiger partial charge in [-0.25, -0.2) is 8.42 Å². The Hall–Kier alpha value is -2.38. The molecule has 1 fully saturated rings. The molecule has 1 atom stereocenters. The Balaban J connectivity index is 1.88. The highest BCUT2D eigenvalue weighted by Crippen LogP contribution is 2.29. The van der Waals surface area contributed by atoms with Gasteiger partial charge in [0.25, 0.3) is 11.8 Å². The first-order valence-electron chi connectivity index (χ1n) is 7.95. The summed E-state index contributed by atoms with van der Waals surface area (Å²) >= 11 is 5.83. The van der Waals surface area contributed by atoms with Crippen molar-refractivity contribution < 1.29 is 18.0 Å². The highest BCUT2D eigenvalue weighted by Gasteiger charge is 2.42. The van der Waals surface area contributed by atoms with E-state index in [-0.39, 0.29) is 11.5 Å². The Morgan fingerprint density at radius 1 is 0.923 bits per heavy atom. The zero-order valence-corrected chi connectivity index (χ0v) is 15.3. The van der Waals surface area contributed by atoms with E-state index in [9.17, 15) is 18.0 Å². The number of rotatable bonds is 6. The van der Waals surface area contributed by atoms with Crippen molar-refractivity contribution in [3.05, 3.63) is 70.7 Å². The lowest BCUT2D eigenvalue weighted by molar-refractivity contribution is -0.128. The van der Waals surface area contributed by atoms with Gasteiger partial charge in [-0.1, -0.05) is 54.1 Å². The summed E-state index contributed by atoms with van der Waals surface area (Å²) in [6, 6.07) is 15.3. The molecule has 2 aromatic carbocycles. The summed E-state index contributed by atoms with van der Waals surface area (Å²) in [4.78, 5) is 24.2. The molecule has 1 unspecified atom stereocenters. The molecule has 0 spiro atoms. The van der Waals surface area contributed by atoms with E-state index in [1.165, 1.54) is 0 Å². The lowest BCUT2D eigenvalue weighted by atomic mass is 9.87. The van der Waals surface area contributed by atoms with E-state index in [1.807, 2.05) is 0 Å². The van der Waals surface area contributed by atoms with Crippen molar-refractivity contribution >= 4 is 33.3 Å². The van der Waals surface area contributed by atoms with Crippen molar-refractivity contribution in [2.24, 2.45) is 5.92 Å². The van der Waals surface area contributed by atoms with Gasteiger partial charge in [0.05, 0.1) is 11.5 Å². The van der Waals surface area contributed by atoms with Gasteiger partial charge in [0.15, 0.2) is 9.84 Å². The first-order chi connectivity index (χ1) is 12.4. The number of carbonyl (C=O) groups excluding carboxylic acids is 2. The van der Waals surface area contributed by atoms with Crippen LogP contribution in [0.4, 0.5) is 0 Å². The van der Waals surface area contributed by atoms with Gasteiger partial charge < -0.3 is 0 Å². The molecule has 1 aliphatic heterocycles. The molecule has 1 saturated heterocycles. The average molecular weight is 393 g/mol. The fraction of sp³-hybridized carbons (Fsp3) is 0.222. The lowest BCUT2D eigenvalue weighted by Crippen LogP contribution is -2.31. The first-order valence-corrected chi connectivity index (χ1v) is 10.2. The summed E-state index contributed by atoms with van der Waals surface area (Å²) in [6.45, 7) is 0. The maximum Gasteiger partial charge on any atom is 0.251 e. The third-order valence-electron chi connectivity index (χ3n) is 4.24. The van der Waals surface area contributed by atoms with Crippen LogP contribution in [-0.4, -0.2) is 26.0 Å². The molecule has 0 saturated carbocycles. The van der Waals surface area contributed by atoms with Crippen LogP contribution in [0.25, 0.3) is 0 Å². The molecule has 2 N–H and O–H groups in total. The smallest absolute Gasteiger partial charge is 0.251 e. The predicted molar refractivity (Wildman–Crippen MR) is 97.9 cm³/mol. The molecule has 26 heavy (non-hydrogen) atoms. The zero-order chi connectivity index (χ0) is 18.7. The second kappa shape index (κ2) is 7.47. The van der Waals surface area contributed by atoms with E-state index in [2.05, 4.69) is 10.9 Å². The van der Waals surface area contributed by atoms with Crippen LogP contribution in [0.15, 0.2) is 54.6 Å². The number of sulfone groups is 1. The second-order valence-corrected chi connectivity index (χ2v) is 8.70. The van der Waals surface area contributed by atoms with Crippen LogP contribution in [0.3, 0.4) is 0 Å². The maximum atomic E-state index is 12.7. The van der Waals surface area contributed by atoms with E-state index in [0.717, 1.165) is 0 Å². The molecule has 2 amide bonds. The average Bonchev–Trinajstić information content (AvgIpc) is 2.94. The van der Waals surface area contributed by atoms with Gasteiger partial charge in [-0.15, -0.1) is 0 Å². The summed E-state index contributed by atoms with van der Waals surface area (Å²) in [5, 5.41) is 0.521. The third-order valence-corrected chi connectivity index (χ3v) is 6.13. The third kappa shape index (κ3) is 4.23. The number of carbonyl (C=O) groups is 2. The Kier molecular flexibility index (Phi) is 5.29. The zero-order valence-electron chi connectivity index (χ0n) is 13.7. The van der Waals surface area contributed by atoms with Crippen LogP contribution in [0.5, 0.6) is 0 Å². The van der Waals surface area contributed by atoms with Crippen LogP contribution < -0.4 is 10.9 Å². The Bertz CT molecular complexity index is 898. The molecule has 1 heterocycles. The molecule has 6 nitrogen and oxygen atoms in total. The van der Waals surface area contributed by atoms with Gasteiger partial charge in [0.1, 0.15) is 5.92 Å². The molecule has 136 valence electrons. The van der Waals surface area contributed by atoms with Crippen molar-refractivity contribution in [2.45, 2.75) is 11.7 Å². The number of hydrazine groups is 1. The number of hydrogen-bond acceptors (Lipinski definition) is 4. The van der Waals surface area contributed by atoms with E-state index in [1.54, 1.807) is 54.6 Å². The highest BCUT2D eigenvalue weighted by atomic mass is 35.5. The van der Waals surface area contributed by atoms with Crippen LogP contribution >= 0.6 is 11.6 Å². The van der Waals surface area contributed by atoms with Crippen LogP contribution in [-0.2, 0) is 25.2 Å². The monoisotopic (exact) mass is 392 g/mol. The van der Waals surface area contributed by atoms with E-state index < -0.39 is 33.5 Å². The van der Waals surface area contributed by atoms with Crippen molar-refractivity contribution in [2.75, 3.05) is 5.75 Å². The van der Waals surface area contributed by atoms with Crippen molar-refractivity contribution in [1.29, 1.82) is 0 Å². The molecular formula is C18H17ClN2O4S. The molecular weight excluding hydrogens is 376 g/mol. The quantitative estimate of drug-likeness (QED) is 0.733. The number of nitrogens with one attached hydrogen (secondary N) is 2. The molecule has 0 aliphatic carbocycles. The standard InChI is InChI=1S/C18H17ClN2O4S/c19-14-8-6-12(7-9-14)10-26(24,25)11-15(13-4-2-1-3-5-13)16-17(22)20-21-18(16)23/h1-9,15-16H,10-11H2,(H,20,22)(H,21,23). The molecule has 0 radical (unpaired) electrons. The topological polar surface area (TPSA) is 92.3 Å². The number of amides is 2. The van der Waals surface area contributed by atoms with Crippen LogP contribution in [0.2, 0.25) is 5.02 Å². The van der Waals surface area contributed by atoms with E-state index in [0.29, 0.717) is 16.1 Å². The van der Waals surface area contributed by atoms with Crippen molar-refractivity contribution in [1.82, 2.24) is 10.9 Å². The fourth-order valence-corrected chi connectivity index (χ4v) is 4.89. The first kappa shape index (κ1) is 18.4. The number of halogens is 1. The Morgan fingerprint density at radius 2 is 1.50 bits per heavy atom. The molecule has 3 rings (SSSR count). The molecule has 0 aromatic heterocycles. The SMILES string of the molecule is O=C1NNC(=O)C1C(CS(=O)(=O)Cc1ccc(Cl)cc1)c1ccccc1. The Morgan fingerprint density at radius 3 is 2.08 bits per heavy atom. The van der Waals surface area contributed by atoms with Gasteiger partial charge in [-0.05, 0) is 23.3 Å². The Labute approximate surface area is 156 Å². The minimum absolute atomic E-state index is 0.191. The van der Waals surface area contributed by atoms with Crippen LogP contribution in [0, 0.1) is 5.92 Å². The van der Waals surface area contributed by atoms with E-state index >= 15 is 0 Å². The second-order valence-electron chi connectivity index (χ2n) is 6.15. The molecule has 0 bridgehead atoms. The minimum Gasteiger partial charge on any atom is -0.272 e. The summed E-state index contributed by atoms with van der Waals surface area (Å²) in [7, 11) is -3.58. The lowest BCUT2D eigenvalue weighted by Gasteiger charge is -2.20. The van der Waals surface area contributed by atoms with Crippen LogP contribution in [0.1, 0.15) is 17.0 Å². The summed E-state index contributed by atoms with van der Waals surface area (Å²) in [5.74, 6) is -3.40. The number of hydrogen-bond donors (Lipinski definition) is 2. The summed E-state index contributed by atoms with van der Waals surface area (Å²) < 4.78 is 25.5. The molecule has 8 heteroatoms. The molecule has 1 aliphatic rings. The highest BCUT2D eigenvalue weighted by molar-refractivity contribution is 7.90. The van der Waals surface area contributed by atoms with Crippen molar-refractivity contribution in [3.63, 3.8) is 0 Å². The largest absolute Gasteiger partial charge is 0.272 e. The molecule has 2 aromatic rings. The van der Waals surface area contributed by atoms with Gasteiger partial charge in [0.2, 0.25) is 0 Å². The van der Waals surface area contributed by atoms with E-state index in [4.69, 9.17) is 11.6 Å². The summed E-state index contributed by atoms with van der Waals surface area (Å²) in [6.07, 6.45) is 0. The maximum absolute atomic E-state index is 12.7. The van der Waals surface area contributed by atoms with Gasteiger partial charge in [0, 0.05) is 10.9 Å². The normalized spacial score (nSPS) is 16.2. The fourth-order valence-electron chi connectivity index (χ4n) is 3.02. The van der Waals surface area contributed by atoms with Crippen molar-refractivity contribution in [3.8, 4) is 0 Å². The predicted octanol–water partition coefficient (Wildman–Crippen LogP) is 1.82. The van der Waals surface area contributed by atoms with Gasteiger partial charge in [-0.2, -0.15) is 0 Å². The van der Waals surface area contributed by atoms with Gasteiger partial charge >= 0.3 is 0 Å². The number of benzene rings is 2. The minimum atomic E-state index is -3.58.